The molecule has 0 aliphatic rings. The molecule has 1 aromatic carbocycles. The third-order valence-corrected chi connectivity index (χ3v) is 2.87. The summed E-state index contributed by atoms with van der Waals surface area (Å²) in [6.45, 7) is 0.690. The molecule has 21 heavy (non-hydrogen) atoms. The highest BCUT2D eigenvalue weighted by atomic mass is 35.5. The van der Waals surface area contributed by atoms with E-state index in [1.54, 1.807) is 12.0 Å². The summed E-state index contributed by atoms with van der Waals surface area (Å²) in [5, 5.41) is 0.0976. The second-order valence-corrected chi connectivity index (χ2v) is 4.91. The van der Waals surface area contributed by atoms with Gasteiger partial charge < -0.3 is 14.4 Å². The molecular formula is C14H17ClN4O2. The van der Waals surface area contributed by atoms with E-state index in [1.165, 1.54) is 5.56 Å². The van der Waals surface area contributed by atoms with Crippen molar-refractivity contribution in [3.63, 3.8) is 0 Å². The van der Waals surface area contributed by atoms with E-state index in [-0.39, 0.29) is 11.3 Å². The van der Waals surface area contributed by atoms with Crippen LogP contribution >= 0.6 is 11.6 Å². The summed E-state index contributed by atoms with van der Waals surface area (Å²) in [5.41, 5.74) is 1.17. The Morgan fingerprint density at radius 3 is 2.43 bits per heavy atom. The summed E-state index contributed by atoms with van der Waals surface area (Å²) in [6.07, 6.45) is 0.860. The number of halogens is 1. The van der Waals surface area contributed by atoms with E-state index < -0.39 is 0 Å². The van der Waals surface area contributed by atoms with Crippen molar-refractivity contribution in [3.8, 4) is 11.8 Å². The van der Waals surface area contributed by atoms with Crippen LogP contribution < -0.4 is 9.64 Å². The lowest BCUT2D eigenvalue weighted by molar-refractivity contribution is 0.202. The summed E-state index contributed by atoms with van der Waals surface area (Å²) >= 11 is 5.86. The zero-order chi connectivity index (χ0) is 15.2. The maximum absolute atomic E-state index is 5.86. The maximum atomic E-state index is 5.86. The first kappa shape index (κ1) is 15.5. The highest BCUT2D eigenvalue weighted by molar-refractivity contribution is 6.28. The first-order valence-corrected chi connectivity index (χ1v) is 6.81. The van der Waals surface area contributed by atoms with Gasteiger partial charge in [0.05, 0.1) is 6.61 Å². The molecule has 0 amide bonds. The molecule has 6 nitrogen and oxygen atoms in total. The van der Waals surface area contributed by atoms with Crippen LogP contribution in [0.1, 0.15) is 5.56 Å². The van der Waals surface area contributed by atoms with E-state index in [1.807, 2.05) is 38.4 Å². The quantitative estimate of drug-likeness (QED) is 0.817. The van der Waals surface area contributed by atoms with Crippen molar-refractivity contribution in [2.24, 2.45) is 0 Å². The van der Waals surface area contributed by atoms with Crippen LogP contribution in [0.4, 0.5) is 5.95 Å². The molecule has 0 radical (unpaired) electrons. The zero-order valence-corrected chi connectivity index (χ0v) is 13.0. The molecule has 1 heterocycles. The van der Waals surface area contributed by atoms with E-state index in [4.69, 9.17) is 21.1 Å². The van der Waals surface area contributed by atoms with Gasteiger partial charge in [-0.25, -0.2) is 0 Å². The maximum Gasteiger partial charge on any atom is 0.328 e. The second-order valence-electron chi connectivity index (χ2n) is 4.57. The van der Waals surface area contributed by atoms with Crippen LogP contribution in [-0.2, 0) is 11.2 Å². The SMILES string of the molecule is COCCc1ccc(Oc2nc(Cl)nc(N(C)C)n2)cc1. The van der Waals surface area contributed by atoms with Crippen LogP contribution in [0.15, 0.2) is 24.3 Å². The lowest BCUT2D eigenvalue weighted by Gasteiger charge is -2.11. The van der Waals surface area contributed by atoms with Gasteiger partial charge in [0.25, 0.3) is 0 Å². The lowest BCUT2D eigenvalue weighted by Crippen LogP contribution is -2.13. The number of aromatic nitrogens is 3. The van der Waals surface area contributed by atoms with Gasteiger partial charge >= 0.3 is 6.01 Å². The molecule has 7 heteroatoms. The van der Waals surface area contributed by atoms with Crippen LogP contribution in [0.5, 0.6) is 11.8 Å². The van der Waals surface area contributed by atoms with Crippen molar-refractivity contribution in [2.75, 3.05) is 32.7 Å². The zero-order valence-electron chi connectivity index (χ0n) is 12.2. The predicted octanol–water partition coefficient (Wildman–Crippen LogP) is 2.57. The predicted molar refractivity (Wildman–Crippen MR) is 81.3 cm³/mol. The molecule has 0 aliphatic heterocycles. The van der Waals surface area contributed by atoms with E-state index in [2.05, 4.69) is 15.0 Å². The largest absolute Gasteiger partial charge is 0.424 e. The van der Waals surface area contributed by atoms with E-state index in [0.717, 1.165) is 6.42 Å². The molecule has 0 spiro atoms. The molecule has 0 bridgehead atoms. The van der Waals surface area contributed by atoms with Crippen molar-refractivity contribution in [3.05, 3.63) is 35.1 Å². The minimum Gasteiger partial charge on any atom is -0.424 e. The van der Waals surface area contributed by atoms with Crippen molar-refractivity contribution in [1.29, 1.82) is 0 Å². The van der Waals surface area contributed by atoms with Gasteiger partial charge in [-0.05, 0) is 35.7 Å². The number of ether oxygens (including phenoxy) is 2. The monoisotopic (exact) mass is 308 g/mol. The number of methoxy groups -OCH3 is 1. The van der Waals surface area contributed by atoms with Crippen molar-refractivity contribution >= 4 is 17.5 Å². The first-order chi connectivity index (χ1) is 10.1. The Balaban J connectivity index is 2.10. The number of nitrogens with zero attached hydrogens (tertiary/aromatic N) is 4. The summed E-state index contributed by atoms with van der Waals surface area (Å²) in [5.74, 6) is 1.09. The average Bonchev–Trinajstić information content (AvgIpc) is 2.46. The third-order valence-electron chi connectivity index (χ3n) is 2.70. The van der Waals surface area contributed by atoms with Gasteiger partial charge in [0, 0.05) is 21.2 Å². The molecule has 0 saturated heterocycles. The molecule has 0 aliphatic carbocycles. The molecule has 0 N–H and O–H groups in total. The van der Waals surface area contributed by atoms with Crippen molar-refractivity contribution in [1.82, 2.24) is 15.0 Å². The number of hydrogen-bond donors (Lipinski definition) is 0. The van der Waals surface area contributed by atoms with Gasteiger partial charge in [-0.1, -0.05) is 12.1 Å². The fourth-order valence-electron chi connectivity index (χ4n) is 1.62. The van der Waals surface area contributed by atoms with Gasteiger partial charge in [0.15, 0.2) is 0 Å². The Morgan fingerprint density at radius 2 is 1.81 bits per heavy atom. The van der Waals surface area contributed by atoms with Gasteiger partial charge in [0.2, 0.25) is 11.2 Å². The number of benzene rings is 1. The molecular weight excluding hydrogens is 292 g/mol. The number of anilines is 1. The molecule has 112 valence electrons. The lowest BCUT2D eigenvalue weighted by atomic mass is 10.1. The van der Waals surface area contributed by atoms with E-state index in [0.29, 0.717) is 18.3 Å². The average molecular weight is 309 g/mol. The number of hydrogen-bond acceptors (Lipinski definition) is 6. The first-order valence-electron chi connectivity index (χ1n) is 6.43. The third kappa shape index (κ3) is 4.54. The van der Waals surface area contributed by atoms with Gasteiger partial charge in [0.1, 0.15) is 5.75 Å². The fraction of sp³-hybridized carbons (Fsp3) is 0.357. The summed E-state index contributed by atoms with van der Waals surface area (Å²) < 4.78 is 10.6. The minimum atomic E-state index is 0.0976. The molecule has 0 unspecified atom stereocenters. The highest BCUT2D eigenvalue weighted by Gasteiger charge is 2.08. The van der Waals surface area contributed by atoms with Crippen molar-refractivity contribution in [2.45, 2.75) is 6.42 Å². The van der Waals surface area contributed by atoms with Crippen molar-refractivity contribution < 1.29 is 9.47 Å². The van der Waals surface area contributed by atoms with E-state index >= 15 is 0 Å². The van der Waals surface area contributed by atoms with Gasteiger partial charge in [-0.15, -0.1) is 0 Å². The summed E-state index contributed by atoms with van der Waals surface area (Å²) in [6, 6.07) is 7.84. The molecule has 0 saturated carbocycles. The number of rotatable bonds is 6. The summed E-state index contributed by atoms with van der Waals surface area (Å²) in [4.78, 5) is 13.9. The van der Waals surface area contributed by atoms with Crippen LogP contribution in [0.25, 0.3) is 0 Å². The fourth-order valence-corrected chi connectivity index (χ4v) is 1.77. The van der Waals surface area contributed by atoms with Crippen LogP contribution in [0.2, 0.25) is 5.28 Å². The van der Waals surface area contributed by atoms with Crippen LogP contribution in [0, 0.1) is 0 Å². The molecule has 1 aromatic heterocycles. The highest BCUT2D eigenvalue weighted by Crippen LogP contribution is 2.21. The van der Waals surface area contributed by atoms with Gasteiger partial charge in [-0.2, -0.15) is 15.0 Å². The Labute approximate surface area is 128 Å². The van der Waals surface area contributed by atoms with Crippen LogP contribution in [0.3, 0.4) is 0 Å². The Bertz CT molecular complexity index is 590. The molecule has 0 atom stereocenters. The second kappa shape index (κ2) is 7.19. The van der Waals surface area contributed by atoms with Gasteiger partial charge in [-0.3, -0.25) is 0 Å². The Morgan fingerprint density at radius 1 is 1.10 bits per heavy atom. The minimum absolute atomic E-state index is 0.0976. The Hall–Kier alpha value is -1.92. The summed E-state index contributed by atoms with van der Waals surface area (Å²) in [7, 11) is 5.32. The molecule has 2 aromatic rings. The normalized spacial score (nSPS) is 10.5. The molecule has 2 rings (SSSR count). The molecule has 0 fully saturated rings. The Kier molecular flexibility index (Phi) is 5.30. The van der Waals surface area contributed by atoms with Crippen LogP contribution in [-0.4, -0.2) is 42.8 Å². The smallest absolute Gasteiger partial charge is 0.328 e. The standard InChI is InChI=1S/C14H17ClN4O2/c1-19(2)13-16-12(15)17-14(18-13)21-11-6-4-10(5-7-11)8-9-20-3/h4-7H,8-9H2,1-3H3. The van der Waals surface area contributed by atoms with E-state index in [9.17, 15) is 0 Å². The topological polar surface area (TPSA) is 60.4 Å².